The van der Waals surface area contributed by atoms with Gasteiger partial charge in [0.1, 0.15) is 5.82 Å². The molecule has 0 saturated carbocycles. The van der Waals surface area contributed by atoms with Crippen LogP contribution in [0.15, 0.2) is 24.2 Å². The van der Waals surface area contributed by atoms with Crippen molar-refractivity contribution in [2.75, 3.05) is 13.2 Å². The molecule has 1 aliphatic heterocycles. The van der Waals surface area contributed by atoms with E-state index in [1.54, 1.807) is 0 Å². The maximum atomic E-state index is 5.44. The SMILES string of the molecule is CCCNC(C1=COCCC1)c1nccn1C. The van der Waals surface area contributed by atoms with Crippen molar-refractivity contribution in [3.8, 4) is 0 Å². The third-order valence-corrected chi connectivity index (χ3v) is 3.05. The molecule has 4 nitrogen and oxygen atoms in total. The summed E-state index contributed by atoms with van der Waals surface area (Å²) in [5, 5.41) is 3.55. The monoisotopic (exact) mass is 235 g/mol. The molecule has 0 radical (unpaired) electrons. The summed E-state index contributed by atoms with van der Waals surface area (Å²) in [6.45, 7) is 4.01. The molecule has 0 aromatic carbocycles. The minimum absolute atomic E-state index is 0.190. The molecular weight excluding hydrogens is 214 g/mol. The number of aryl methyl sites for hydroxylation is 1. The van der Waals surface area contributed by atoms with Gasteiger partial charge in [-0.3, -0.25) is 0 Å². The van der Waals surface area contributed by atoms with E-state index in [-0.39, 0.29) is 6.04 Å². The Balaban J connectivity index is 2.18. The number of nitrogens with one attached hydrogen (secondary N) is 1. The highest BCUT2D eigenvalue weighted by molar-refractivity contribution is 5.18. The van der Waals surface area contributed by atoms with Crippen molar-refractivity contribution in [1.29, 1.82) is 0 Å². The van der Waals surface area contributed by atoms with Crippen molar-refractivity contribution in [2.24, 2.45) is 7.05 Å². The van der Waals surface area contributed by atoms with Crippen molar-refractivity contribution < 1.29 is 4.74 Å². The van der Waals surface area contributed by atoms with E-state index in [1.165, 1.54) is 5.57 Å². The fraction of sp³-hybridized carbons (Fsp3) is 0.615. The molecule has 0 spiro atoms. The fourth-order valence-corrected chi connectivity index (χ4v) is 2.13. The first-order valence-electron chi connectivity index (χ1n) is 6.34. The Morgan fingerprint density at radius 1 is 1.59 bits per heavy atom. The average Bonchev–Trinajstić information content (AvgIpc) is 2.78. The van der Waals surface area contributed by atoms with Crippen LogP contribution in [-0.2, 0) is 11.8 Å². The van der Waals surface area contributed by atoms with Gasteiger partial charge in [0.25, 0.3) is 0 Å². The quantitative estimate of drug-likeness (QED) is 0.850. The highest BCUT2D eigenvalue weighted by Gasteiger charge is 2.21. The number of nitrogens with zero attached hydrogens (tertiary/aromatic N) is 2. The number of hydrogen-bond acceptors (Lipinski definition) is 3. The van der Waals surface area contributed by atoms with Gasteiger partial charge in [-0.15, -0.1) is 0 Å². The molecule has 1 atom stereocenters. The largest absolute Gasteiger partial charge is 0.501 e. The van der Waals surface area contributed by atoms with Crippen molar-refractivity contribution >= 4 is 0 Å². The van der Waals surface area contributed by atoms with Gasteiger partial charge in [-0.1, -0.05) is 6.92 Å². The lowest BCUT2D eigenvalue weighted by Gasteiger charge is -2.24. The van der Waals surface area contributed by atoms with Crippen LogP contribution in [-0.4, -0.2) is 22.7 Å². The lowest BCUT2D eigenvalue weighted by molar-refractivity contribution is 0.218. The van der Waals surface area contributed by atoms with Gasteiger partial charge in [0, 0.05) is 19.4 Å². The Morgan fingerprint density at radius 3 is 3.06 bits per heavy atom. The molecule has 1 aromatic heterocycles. The Bertz CT molecular complexity index is 384. The van der Waals surface area contributed by atoms with Crippen LogP contribution in [0.3, 0.4) is 0 Å². The van der Waals surface area contributed by atoms with E-state index < -0.39 is 0 Å². The van der Waals surface area contributed by atoms with Gasteiger partial charge in [-0.2, -0.15) is 0 Å². The maximum absolute atomic E-state index is 5.44. The van der Waals surface area contributed by atoms with Crippen LogP contribution in [0.5, 0.6) is 0 Å². The summed E-state index contributed by atoms with van der Waals surface area (Å²) in [5.41, 5.74) is 1.30. The van der Waals surface area contributed by atoms with Gasteiger partial charge >= 0.3 is 0 Å². The Labute approximate surface area is 103 Å². The third-order valence-electron chi connectivity index (χ3n) is 3.05. The lowest BCUT2D eigenvalue weighted by Crippen LogP contribution is -2.27. The van der Waals surface area contributed by atoms with Gasteiger partial charge in [0.2, 0.25) is 0 Å². The van der Waals surface area contributed by atoms with E-state index in [2.05, 4.69) is 21.8 Å². The molecule has 1 N–H and O–H groups in total. The molecule has 4 heteroatoms. The first-order chi connectivity index (χ1) is 8.33. The smallest absolute Gasteiger partial charge is 0.129 e. The molecule has 0 amide bonds. The van der Waals surface area contributed by atoms with Crippen LogP contribution in [0.1, 0.15) is 38.1 Å². The highest BCUT2D eigenvalue weighted by atomic mass is 16.5. The van der Waals surface area contributed by atoms with Crippen LogP contribution >= 0.6 is 0 Å². The molecular formula is C13H21N3O. The normalized spacial score (nSPS) is 17.4. The van der Waals surface area contributed by atoms with Crippen LogP contribution in [0.4, 0.5) is 0 Å². The van der Waals surface area contributed by atoms with Crippen molar-refractivity contribution in [2.45, 2.75) is 32.2 Å². The van der Waals surface area contributed by atoms with Gasteiger partial charge in [-0.05, 0) is 31.4 Å². The first kappa shape index (κ1) is 12.2. The predicted octanol–water partition coefficient (Wildman–Crippen LogP) is 2.16. The van der Waals surface area contributed by atoms with E-state index in [0.29, 0.717) is 0 Å². The summed E-state index contributed by atoms with van der Waals surface area (Å²) in [6.07, 6.45) is 9.05. The van der Waals surface area contributed by atoms with E-state index in [1.807, 2.05) is 25.7 Å². The minimum atomic E-state index is 0.190. The fourth-order valence-electron chi connectivity index (χ4n) is 2.13. The highest BCUT2D eigenvalue weighted by Crippen LogP contribution is 2.26. The lowest BCUT2D eigenvalue weighted by atomic mass is 10.0. The molecule has 17 heavy (non-hydrogen) atoms. The van der Waals surface area contributed by atoms with Crippen LogP contribution < -0.4 is 5.32 Å². The summed E-state index contributed by atoms with van der Waals surface area (Å²) in [4.78, 5) is 4.45. The first-order valence-corrected chi connectivity index (χ1v) is 6.34. The van der Waals surface area contributed by atoms with Crippen molar-refractivity contribution in [3.63, 3.8) is 0 Å². The molecule has 0 bridgehead atoms. The summed E-state index contributed by atoms with van der Waals surface area (Å²) in [7, 11) is 2.03. The number of ether oxygens (including phenoxy) is 1. The number of aromatic nitrogens is 2. The molecule has 2 rings (SSSR count). The van der Waals surface area contributed by atoms with E-state index >= 15 is 0 Å². The van der Waals surface area contributed by atoms with Crippen LogP contribution in [0.25, 0.3) is 0 Å². The summed E-state index contributed by atoms with van der Waals surface area (Å²) < 4.78 is 7.51. The van der Waals surface area contributed by atoms with Gasteiger partial charge < -0.3 is 14.6 Å². The zero-order chi connectivity index (χ0) is 12.1. The predicted molar refractivity (Wildman–Crippen MR) is 67.5 cm³/mol. The number of hydrogen-bond donors (Lipinski definition) is 1. The number of imidazole rings is 1. The van der Waals surface area contributed by atoms with Gasteiger partial charge in [-0.25, -0.2) is 4.98 Å². The van der Waals surface area contributed by atoms with Crippen LogP contribution in [0, 0.1) is 0 Å². The van der Waals surface area contributed by atoms with Crippen LogP contribution in [0.2, 0.25) is 0 Å². The Morgan fingerprint density at radius 2 is 2.47 bits per heavy atom. The van der Waals surface area contributed by atoms with Gasteiger partial charge in [0.05, 0.1) is 18.9 Å². The van der Waals surface area contributed by atoms with E-state index in [4.69, 9.17) is 4.74 Å². The Kier molecular flexibility index (Phi) is 4.20. The Hall–Kier alpha value is -1.29. The topological polar surface area (TPSA) is 39.1 Å². The summed E-state index contributed by atoms with van der Waals surface area (Å²) in [6, 6.07) is 0.190. The average molecular weight is 235 g/mol. The van der Waals surface area contributed by atoms with E-state index in [0.717, 1.165) is 38.2 Å². The van der Waals surface area contributed by atoms with Crippen molar-refractivity contribution in [3.05, 3.63) is 30.1 Å². The molecule has 1 aliphatic rings. The minimum Gasteiger partial charge on any atom is -0.501 e. The molecule has 1 aromatic rings. The molecule has 1 unspecified atom stereocenters. The third kappa shape index (κ3) is 2.88. The molecule has 0 aliphatic carbocycles. The molecule has 0 fully saturated rings. The standard InChI is InChI=1S/C13H21N3O/c1-3-6-14-12(11-5-4-9-17-10-11)13-15-7-8-16(13)2/h7-8,10,12,14H,3-6,9H2,1-2H3. The summed E-state index contributed by atoms with van der Waals surface area (Å²) in [5.74, 6) is 1.07. The van der Waals surface area contributed by atoms with Gasteiger partial charge in [0.15, 0.2) is 0 Å². The van der Waals surface area contributed by atoms with E-state index in [9.17, 15) is 0 Å². The van der Waals surface area contributed by atoms with Crippen molar-refractivity contribution in [1.82, 2.24) is 14.9 Å². The zero-order valence-corrected chi connectivity index (χ0v) is 10.6. The molecule has 94 valence electrons. The second-order valence-electron chi connectivity index (χ2n) is 4.45. The summed E-state index contributed by atoms with van der Waals surface area (Å²) >= 11 is 0. The second-order valence-corrected chi connectivity index (χ2v) is 4.45. The zero-order valence-electron chi connectivity index (χ0n) is 10.6. The molecule has 0 saturated heterocycles. The molecule has 2 heterocycles. The number of rotatable bonds is 5. The second kappa shape index (κ2) is 5.87. The maximum Gasteiger partial charge on any atom is 0.129 e.